The highest BCUT2D eigenvalue weighted by molar-refractivity contribution is 5.64. The van der Waals surface area contributed by atoms with Crippen LogP contribution in [0.5, 0.6) is 0 Å². The van der Waals surface area contributed by atoms with Crippen LogP contribution in [0, 0.1) is 0 Å². The molecule has 0 aromatic rings. The van der Waals surface area contributed by atoms with E-state index in [9.17, 15) is 0 Å². The van der Waals surface area contributed by atoms with Crippen LogP contribution in [0.15, 0.2) is 22.1 Å². The third-order valence-electron chi connectivity index (χ3n) is 0.955. The van der Waals surface area contributed by atoms with Gasteiger partial charge in [0, 0.05) is 12.2 Å². The van der Waals surface area contributed by atoms with E-state index < -0.39 is 0 Å². The van der Waals surface area contributed by atoms with Gasteiger partial charge in [0.05, 0.1) is 13.1 Å². The van der Waals surface area contributed by atoms with Gasteiger partial charge in [0.2, 0.25) is 0 Å². The molecule has 0 bridgehead atoms. The lowest BCUT2D eigenvalue weighted by molar-refractivity contribution is 0.853. The average Bonchev–Trinajstić information content (AvgIpc) is 2.00. The van der Waals surface area contributed by atoms with Crippen molar-refractivity contribution in [3.05, 3.63) is 12.2 Å². The van der Waals surface area contributed by atoms with Gasteiger partial charge in [-0.05, 0) is 18.2 Å². The Morgan fingerprint density at radius 1 is 1.00 bits per heavy atom. The van der Waals surface area contributed by atoms with Crippen LogP contribution < -0.4 is 0 Å². The molecular weight excluding hydrogens is 112 g/mol. The summed E-state index contributed by atoms with van der Waals surface area (Å²) in [5.74, 6) is 5.50. The van der Waals surface area contributed by atoms with Crippen molar-refractivity contribution in [1.82, 2.24) is 0 Å². The molecule has 9 heavy (non-hydrogen) atoms. The predicted molar refractivity (Wildman–Crippen MR) is 38.4 cm³/mol. The lowest BCUT2D eigenvalue weighted by Gasteiger charge is -1.83. The molecule has 0 aromatic heterocycles. The first kappa shape index (κ1) is 6.03. The minimum atomic E-state index is 0.829. The lowest BCUT2D eigenvalue weighted by Crippen LogP contribution is -1.83. The molecule has 0 saturated carbocycles. The lowest BCUT2D eigenvalue weighted by atomic mass is 10.4. The van der Waals surface area contributed by atoms with Crippen LogP contribution in [-0.2, 0) is 0 Å². The summed E-state index contributed by atoms with van der Waals surface area (Å²) >= 11 is 0. The summed E-state index contributed by atoms with van der Waals surface area (Å²) in [4.78, 5) is 7.91. The maximum absolute atomic E-state index is 3.95. The first-order chi connectivity index (χ1) is 4.50. The Bertz CT molecular complexity index is 169. The fourth-order valence-electron chi connectivity index (χ4n) is 0.538. The van der Waals surface area contributed by atoms with Gasteiger partial charge in [-0.1, -0.05) is 0 Å². The minimum absolute atomic E-state index is 0.829. The van der Waals surface area contributed by atoms with E-state index in [0.717, 1.165) is 19.5 Å². The van der Waals surface area contributed by atoms with Crippen molar-refractivity contribution in [2.75, 3.05) is 13.1 Å². The Morgan fingerprint density at radius 3 is 2.11 bits per heavy atom. The van der Waals surface area contributed by atoms with Crippen molar-refractivity contribution in [2.45, 2.75) is 6.42 Å². The van der Waals surface area contributed by atoms with E-state index in [2.05, 4.69) is 21.7 Å². The SMILES string of the molecule is C1=CC=C=NCCCN=1. The average molecular weight is 120 g/mol. The smallest absolute Gasteiger partial charge is 0.0501 e. The second-order valence-corrected chi connectivity index (χ2v) is 1.71. The van der Waals surface area contributed by atoms with E-state index >= 15 is 0 Å². The molecule has 2 nitrogen and oxygen atoms in total. The highest BCUT2D eigenvalue weighted by Gasteiger charge is 1.79. The van der Waals surface area contributed by atoms with E-state index in [0.29, 0.717) is 0 Å². The third-order valence-corrected chi connectivity index (χ3v) is 0.955. The molecule has 1 aliphatic rings. The fraction of sp³-hybridized carbons (Fsp3) is 0.429. The molecule has 2 heteroatoms. The number of aliphatic imine (C=N–C) groups is 2. The van der Waals surface area contributed by atoms with Crippen LogP contribution in [0.2, 0.25) is 0 Å². The Kier molecular flexibility index (Phi) is 2.58. The van der Waals surface area contributed by atoms with Gasteiger partial charge in [-0.3, -0.25) is 0 Å². The van der Waals surface area contributed by atoms with Gasteiger partial charge >= 0.3 is 0 Å². The molecule has 0 atom stereocenters. The molecule has 0 aromatic carbocycles. The zero-order valence-electron chi connectivity index (χ0n) is 5.17. The Morgan fingerprint density at radius 2 is 1.56 bits per heavy atom. The molecule has 0 aliphatic carbocycles. The first-order valence-electron chi connectivity index (χ1n) is 2.99. The van der Waals surface area contributed by atoms with Crippen molar-refractivity contribution in [3.63, 3.8) is 0 Å². The normalized spacial score (nSPS) is 16.9. The number of hydrogen-bond donors (Lipinski definition) is 0. The van der Waals surface area contributed by atoms with Crippen molar-refractivity contribution < 1.29 is 0 Å². The van der Waals surface area contributed by atoms with E-state index in [1.807, 2.05) is 0 Å². The number of rotatable bonds is 0. The number of hydrogen-bond acceptors (Lipinski definition) is 2. The maximum Gasteiger partial charge on any atom is 0.0501 e. The molecule has 0 unspecified atom stereocenters. The summed E-state index contributed by atoms with van der Waals surface area (Å²) in [6.45, 7) is 1.66. The molecule has 1 rings (SSSR count). The van der Waals surface area contributed by atoms with E-state index in [1.54, 1.807) is 12.2 Å². The molecule has 1 aliphatic heterocycles. The summed E-state index contributed by atoms with van der Waals surface area (Å²) in [6, 6.07) is 0. The molecular formula is C7H8N2. The molecule has 0 amide bonds. The number of nitrogens with zero attached hydrogens (tertiary/aromatic N) is 2. The second-order valence-electron chi connectivity index (χ2n) is 1.71. The number of allylic oxidation sites excluding steroid dienone is 2. The largest absolute Gasteiger partial charge is 0.243 e. The van der Waals surface area contributed by atoms with Gasteiger partial charge < -0.3 is 0 Å². The van der Waals surface area contributed by atoms with Gasteiger partial charge in [-0.15, -0.1) is 0 Å². The van der Waals surface area contributed by atoms with Crippen molar-refractivity contribution in [1.29, 1.82) is 0 Å². The van der Waals surface area contributed by atoms with Crippen LogP contribution in [0.3, 0.4) is 0 Å². The monoisotopic (exact) mass is 120 g/mol. The van der Waals surface area contributed by atoms with E-state index in [4.69, 9.17) is 0 Å². The van der Waals surface area contributed by atoms with Gasteiger partial charge in [0.15, 0.2) is 0 Å². The molecule has 0 spiro atoms. The van der Waals surface area contributed by atoms with E-state index in [-0.39, 0.29) is 0 Å². The van der Waals surface area contributed by atoms with Crippen molar-refractivity contribution in [3.8, 4) is 0 Å². The van der Waals surface area contributed by atoms with Crippen LogP contribution in [0.25, 0.3) is 0 Å². The second kappa shape index (κ2) is 3.85. The molecule has 0 fully saturated rings. The Hall–Kier alpha value is -1.10. The summed E-state index contributed by atoms with van der Waals surface area (Å²) < 4.78 is 0. The molecule has 0 saturated heterocycles. The van der Waals surface area contributed by atoms with Gasteiger partial charge in [-0.2, -0.15) is 0 Å². The molecule has 0 N–H and O–H groups in total. The zero-order valence-corrected chi connectivity index (χ0v) is 5.17. The summed E-state index contributed by atoms with van der Waals surface area (Å²) in [7, 11) is 0. The van der Waals surface area contributed by atoms with Crippen LogP contribution in [0.4, 0.5) is 0 Å². The maximum atomic E-state index is 3.95. The van der Waals surface area contributed by atoms with Gasteiger partial charge in [0.1, 0.15) is 0 Å². The standard InChI is InChI=1S/C7H8N2/c1-2-5-9-7-3-6-8-4-1/h1-2H,3,6-7H2. The van der Waals surface area contributed by atoms with Crippen LogP contribution in [0.1, 0.15) is 6.42 Å². The van der Waals surface area contributed by atoms with Gasteiger partial charge in [-0.25, -0.2) is 9.98 Å². The highest BCUT2D eigenvalue weighted by atomic mass is 14.7. The highest BCUT2D eigenvalue weighted by Crippen LogP contribution is 1.81. The van der Waals surface area contributed by atoms with Gasteiger partial charge in [0.25, 0.3) is 0 Å². The third kappa shape index (κ3) is 2.65. The van der Waals surface area contributed by atoms with E-state index in [1.165, 1.54) is 0 Å². The predicted octanol–water partition coefficient (Wildman–Crippen LogP) is 0.842. The van der Waals surface area contributed by atoms with Crippen molar-refractivity contribution >= 4 is 11.7 Å². The fourth-order valence-corrected chi connectivity index (χ4v) is 0.538. The Balaban J connectivity index is 2.66. The minimum Gasteiger partial charge on any atom is -0.243 e. The summed E-state index contributed by atoms with van der Waals surface area (Å²) in [5.41, 5.74) is 0. The van der Waals surface area contributed by atoms with Crippen LogP contribution >= 0.6 is 0 Å². The zero-order chi connectivity index (χ0) is 6.36. The van der Waals surface area contributed by atoms with Crippen LogP contribution in [-0.4, -0.2) is 24.8 Å². The molecule has 0 radical (unpaired) electrons. The topological polar surface area (TPSA) is 24.7 Å². The van der Waals surface area contributed by atoms with Crippen molar-refractivity contribution in [2.24, 2.45) is 9.98 Å². The summed E-state index contributed by atoms with van der Waals surface area (Å²) in [6.07, 6.45) is 4.44. The quantitative estimate of drug-likeness (QED) is 0.452. The summed E-state index contributed by atoms with van der Waals surface area (Å²) in [5, 5.41) is 0. The molecule has 46 valence electrons. The Labute approximate surface area is 54.3 Å². The molecule has 1 heterocycles. The first-order valence-corrected chi connectivity index (χ1v) is 2.99.